The van der Waals surface area contributed by atoms with E-state index in [0.717, 1.165) is 11.3 Å². The number of para-hydroxylation sites is 1. The highest BCUT2D eigenvalue weighted by Crippen LogP contribution is 2.17. The molecular weight excluding hydrogens is 309 g/mol. The number of nitrogens with zero attached hydrogens (tertiary/aromatic N) is 1. The first-order valence-corrected chi connectivity index (χ1v) is 7.79. The van der Waals surface area contributed by atoms with Crippen LogP contribution in [0.15, 0.2) is 54.6 Å². The van der Waals surface area contributed by atoms with Crippen LogP contribution in [0.2, 0.25) is 0 Å². The fourth-order valence-electron chi connectivity index (χ4n) is 2.62. The second-order valence-electron chi connectivity index (χ2n) is 5.62. The number of carbonyl (C=O) groups is 2. The van der Waals surface area contributed by atoms with Crippen molar-refractivity contribution < 1.29 is 14.0 Å². The molecule has 2 aromatic rings. The molecule has 124 valence electrons. The Labute approximate surface area is 139 Å². The number of benzene rings is 2. The van der Waals surface area contributed by atoms with Crippen LogP contribution >= 0.6 is 0 Å². The average Bonchev–Trinajstić information content (AvgIpc) is 2.99. The van der Waals surface area contributed by atoms with Crippen LogP contribution in [0.3, 0.4) is 0 Å². The maximum Gasteiger partial charge on any atom is 0.322 e. The first-order chi connectivity index (χ1) is 11.6. The number of hydrogen-bond acceptors (Lipinski definition) is 2. The van der Waals surface area contributed by atoms with E-state index in [1.807, 2.05) is 30.3 Å². The van der Waals surface area contributed by atoms with Crippen LogP contribution in [-0.4, -0.2) is 31.1 Å². The number of carbonyl (C=O) groups excluding carboxylic acids is 2. The minimum atomic E-state index is -0.578. The van der Waals surface area contributed by atoms with Crippen molar-refractivity contribution in [1.29, 1.82) is 0 Å². The Bertz CT molecular complexity index is 719. The van der Waals surface area contributed by atoms with Crippen LogP contribution in [0.25, 0.3) is 0 Å². The number of rotatable bonds is 5. The van der Waals surface area contributed by atoms with Crippen LogP contribution in [0, 0.1) is 5.82 Å². The van der Waals surface area contributed by atoms with Crippen molar-refractivity contribution in [1.82, 2.24) is 10.6 Å². The van der Waals surface area contributed by atoms with Crippen molar-refractivity contribution in [2.75, 3.05) is 18.0 Å². The summed E-state index contributed by atoms with van der Waals surface area (Å²) in [7, 11) is 0. The molecule has 0 spiro atoms. The summed E-state index contributed by atoms with van der Waals surface area (Å²) in [6.45, 7) is 0.730. The molecule has 1 atom stereocenters. The molecule has 1 saturated heterocycles. The summed E-state index contributed by atoms with van der Waals surface area (Å²) in [6.07, 6.45) is 0.606. The van der Waals surface area contributed by atoms with Crippen molar-refractivity contribution in [2.45, 2.75) is 12.5 Å². The third-order valence-electron chi connectivity index (χ3n) is 3.92. The highest BCUT2D eigenvalue weighted by molar-refractivity contribution is 6.00. The van der Waals surface area contributed by atoms with E-state index in [4.69, 9.17) is 0 Å². The average molecular weight is 327 g/mol. The van der Waals surface area contributed by atoms with Crippen molar-refractivity contribution in [3.63, 3.8) is 0 Å². The van der Waals surface area contributed by atoms with Gasteiger partial charge in [-0.15, -0.1) is 0 Å². The summed E-state index contributed by atoms with van der Waals surface area (Å²) in [5.74, 6) is -0.499. The molecule has 0 aliphatic carbocycles. The Morgan fingerprint density at radius 2 is 1.88 bits per heavy atom. The van der Waals surface area contributed by atoms with E-state index >= 15 is 0 Å². The minimum Gasteiger partial charge on any atom is -0.354 e. The molecule has 0 saturated carbocycles. The van der Waals surface area contributed by atoms with Gasteiger partial charge in [-0.3, -0.25) is 9.69 Å². The second kappa shape index (κ2) is 7.12. The van der Waals surface area contributed by atoms with E-state index in [1.54, 1.807) is 17.0 Å². The SMILES string of the molecule is O=C(NCCc1ccc(F)cc1)C1CN(c2ccccc2)C(=O)N1. The minimum absolute atomic E-state index is 0.219. The highest BCUT2D eigenvalue weighted by atomic mass is 19.1. The monoisotopic (exact) mass is 327 g/mol. The first kappa shape index (κ1) is 16.0. The van der Waals surface area contributed by atoms with Gasteiger partial charge in [-0.25, -0.2) is 9.18 Å². The predicted octanol–water partition coefficient (Wildman–Crippen LogP) is 2.08. The lowest BCUT2D eigenvalue weighted by atomic mass is 10.1. The van der Waals surface area contributed by atoms with Gasteiger partial charge in [-0.1, -0.05) is 30.3 Å². The Hall–Kier alpha value is -2.89. The molecule has 1 fully saturated rings. The molecule has 1 aliphatic rings. The predicted molar refractivity (Wildman–Crippen MR) is 89.2 cm³/mol. The summed E-state index contributed by atoms with van der Waals surface area (Å²) in [5, 5.41) is 5.49. The van der Waals surface area contributed by atoms with Gasteiger partial charge in [-0.2, -0.15) is 0 Å². The second-order valence-corrected chi connectivity index (χ2v) is 5.62. The molecule has 0 bridgehead atoms. The molecule has 3 rings (SSSR count). The van der Waals surface area contributed by atoms with Crippen LogP contribution in [0.1, 0.15) is 5.56 Å². The fourth-order valence-corrected chi connectivity index (χ4v) is 2.62. The van der Waals surface area contributed by atoms with Gasteiger partial charge in [0.2, 0.25) is 5.91 Å². The fraction of sp³-hybridized carbons (Fsp3) is 0.222. The smallest absolute Gasteiger partial charge is 0.322 e. The van der Waals surface area contributed by atoms with Crippen molar-refractivity contribution in [3.05, 3.63) is 66.0 Å². The lowest BCUT2D eigenvalue weighted by Gasteiger charge is -2.14. The van der Waals surface area contributed by atoms with Crippen LogP contribution in [0.5, 0.6) is 0 Å². The number of anilines is 1. The molecule has 1 heterocycles. The summed E-state index contributed by atoms with van der Waals surface area (Å²) in [5.41, 5.74) is 1.70. The maximum atomic E-state index is 12.8. The van der Waals surface area contributed by atoms with E-state index in [2.05, 4.69) is 10.6 Å². The molecule has 0 aromatic heterocycles. The van der Waals surface area contributed by atoms with Crippen molar-refractivity contribution >= 4 is 17.6 Å². The first-order valence-electron chi connectivity index (χ1n) is 7.79. The van der Waals surface area contributed by atoms with Gasteiger partial charge in [-0.05, 0) is 36.2 Å². The third-order valence-corrected chi connectivity index (χ3v) is 3.92. The van der Waals surface area contributed by atoms with E-state index in [0.29, 0.717) is 19.5 Å². The molecular formula is C18H18FN3O2. The van der Waals surface area contributed by atoms with Crippen LogP contribution in [0.4, 0.5) is 14.9 Å². The van der Waals surface area contributed by atoms with Gasteiger partial charge in [0.1, 0.15) is 11.9 Å². The summed E-state index contributed by atoms with van der Waals surface area (Å²) >= 11 is 0. The van der Waals surface area contributed by atoms with Gasteiger partial charge in [0.15, 0.2) is 0 Å². The molecule has 1 unspecified atom stereocenters. The third kappa shape index (κ3) is 3.71. The number of amides is 3. The van der Waals surface area contributed by atoms with E-state index in [-0.39, 0.29) is 17.8 Å². The van der Waals surface area contributed by atoms with Gasteiger partial charge in [0.05, 0.1) is 6.54 Å². The standard InChI is InChI=1S/C18H18FN3O2/c19-14-8-6-13(7-9-14)10-11-20-17(23)16-12-22(18(24)21-16)15-4-2-1-3-5-15/h1-9,16H,10-12H2,(H,20,23)(H,21,24). The number of hydrogen-bond donors (Lipinski definition) is 2. The molecule has 1 aliphatic heterocycles. The normalized spacial score (nSPS) is 16.8. The zero-order chi connectivity index (χ0) is 16.9. The Morgan fingerprint density at radius 1 is 1.17 bits per heavy atom. The summed E-state index contributed by atoms with van der Waals surface area (Å²) in [6, 6.07) is 14.5. The molecule has 5 nitrogen and oxygen atoms in total. The quantitative estimate of drug-likeness (QED) is 0.883. The zero-order valence-corrected chi connectivity index (χ0v) is 13.0. The largest absolute Gasteiger partial charge is 0.354 e. The lowest BCUT2D eigenvalue weighted by molar-refractivity contribution is -0.122. The van der Waals surface area contributed by atoms with Gasteiger partial charge >= 0.3 is 6.03 Å². The number of urea groups is 1. The zero-order valence-electron chi connectivity index (χ0n) is 13.0. The van der Waals surface area contributed by atoms with E-state index in [1.165, 1.54) is 12.1 Å². The van der Waals surface area contributed by atoms with Crippen molar-refractivity contribution in [3.8, 4) is 0 Å². The summed E-state index contributed by atoms with van der Waals surface area (Å²) in [4.78, 5) is 25.8. The van der Waals surface area contributed by atoms with Gasteiger partial charge in [0.25, 0.3) is 0 Å². The van der Waals surface area contributed by atoms with Gasteiger partial charge < -0.3 is 10.6 Å². The lowest BCUT2D eigenvalue weighted by Crippen LogP contribution is -2.43. The number of halogens is 1. The Balaban J connectivity index is 1.51. The molecule has 2 N–H and O–H groups in total. The molecule has 0 radical (unpaired) electrons. The Morgan fingerprint density at radius 3 is 2.58 bits per heavy atom. The molecule has 2 aromatic carbocycles. The van der Waals surface area contributed by atoms with Crippen LogP contribution in [-0.2, 0) is 11.2 Å². The highest BCUT2D eigenvalue weighted by Gasteiger charge is 2.33. The summed E-state index contributed by atoms with van der Waals surface area (Å²) < 4.78 is 12.8. The Kier molecular flexibility index (Phi) is 4.74. The van der Waals surface area contributed by atoms with Crippen molar-refractivity contribution in [2.24, 2.45) is 0 Å². The van der Waals surface area contributed by atoms with Crippen LogP contribution < -0.4 is 15.5 Å². The van der Waals surface area contributed by atoms with E-state index < -0.39 is 6.04 Å². The topological polar surface area (TPSA) is 61.4 Å². The molecule has 3 amide bonds. The van der Waals surface area contributed by atoms with Gasteiger partial charge in [0, 0.05) is 12.2 Å². The maximum absolute atomic E-state index is 12.8. The van der Waals surface area contributed by atoms with E-state index in [9.17, 15) is 14.0 Å². The molecule has 24 heavy (non-hydrogen) atoms. The molecule has 6 heteroatoms. The number of nitrogens with one attached hydrogen (secondary N) is 2.